The number of amides is 1. The monoisotopic (exact) mass is 337 g/mol. The largest absolute Gasteiger partial charge is 0.486 e. The number of fused-ring (bicyclic) bond motifs is 1. The SMILES string of the molecule is O=C(CCCC1CCCCC1)Nc1cc2c(cc1Cl)OCCO2. The zero-order valence-electron chi connectivity index (χ0n) is 13.4. The average Bonchev–Trinajstić information content (AvgIpc) is 2.56. The molecule has 2 aliphatic rings. The fourth-order valence-corrected chi connectivity index (χ4v) is 3.60. The Hall–Kier alpha value is -1.42. The molecule has 1 saturated carbocycles. The Balaban J connectivity index is 1.49. The van der Waals surface area contributed by atoms with Gasteiger partial charge in [-0.2, -0.15) is 0 Å². The molecule has 1 fully saturated rings. The van der Waals surface area contributed by atoms with E-state index in [1.165, 1.54) is 32.1 Å². The van der Waals surface area contributed by atoms with E-state index in [0.29, 0.717) is 41.8 Å². The topological polar surface area (TPSA) is 47.6 Å². The van der Waals surface area contributed by atoms with Crippen LogP contribution in [0.15, 0.2) is 12.1 Å². The van der Waals surface area contributed by atoms with Crippen molar-refractivity contribution in [2.24, 2.45) is 5.92 Å². The lowest BCUT2D eigenvalue weighted by Crippen LogP contribution is -2.17. The van der Waals surface area contributed by atoms with E-state index in [2.05, 4.69) is 5.32 Å². The second-order valence-corrected chi connectivity index (χ2v) is 6.83. The van der Waals surface area contributed by atoms with Crippen LogP contribution in [0.5, 0.6) is 11.5 Å². The molecule has 0 atom stereocenters. The van der Waals surface area contributed by atoms with Crippen molar-refractivity contribution in [2.75, 3.05) is 18.5 Å². The van der Waals surface area contributed by atoms with Crippen LogP contribution >= 0.6 is 11.6 Å². The first-order valence-corrected chi connectivity index (χ1v) is 8.99. The molecule has 1 aliphatic heterocycles. The molecular formula is C18H24ClNO3. The second-order valence-electron chi connectivity index (χ2n) is 6.42. The number of anilines is 1. The van der Waals surface area contributed by atoms with Crippen LogP contribution in [0.3, 0.4) is 0 Å². The molecule has 23 heavy (non-hydrogen) atoms. The quantitative estimate of drug-likeness (QED) is 0.839. The van der Waals surface area contributed by atoms with Gasteiger partial charge in [0.2, 0.25) is 5.91 Å². The highest BCUT2D eigenvalue weighted by molar-refractivity contribution is 6.34. The highest BCUT2D eigenvalue weighted by atomic mass is 35.5. The van der Waals surface area contributed by atoms with Crippen molar-refractivity contribution in [3.05, 3.63) is 17.2 Å². The van der Waals surface area contributed by atoms with E-state index in [1.807, 2.05) is 0 Å². The number of benzene rings is 1. The second kappa shape index (κ2) is 7.91. The summed E-state index contributed by atoms with van der Waals surface area (Å²) in [6.07, 6.45) is 9.38. The summed E-state index contributed by atoms with van der Waals surface area (Å²) in [5.41, 5.74) is 0.596. The lowest BCUT2D eigenvalue weighted by atomic mass is 9.86. The maximum Gasteiger partial charge on any atom is 0.224 e. The molecule has 4 nitrogen and oxygen atoms in total. The van der Waals surface area contributed by atoms with Gasteiger partial charge in [0.05, 0.1) is 10.7 Å². The molecule has 0 radical (unpaired) electrons. The molecule has 0 saturated heterocycles. The number of nitrogens with one attached hydrogen (secondary N) is 1. The maximum absolute atomic E-state index is 12.1. The molecule has 126 valence electrons. The predicted octanol–water partition coefficient (Wildman–Crippen LogP) is 4.80. The fourth-order valence-electron chi connectivity index (χ4n) is 3.40. The van der Waals surface area contributed by atoms with Gasteiger partial charge in [-0.3, -0.25) is 4.79 Å². The fraction of sp³-hybridized carbons (Fsp3) is 0.611. The molecule has 3 rings (SSSR count). The van der Waals surface area contributed by atoms with E-state index >= 15 is 0 Å². The van der Waals surface area contributed by atoms with Crippen LogP contribution in [0.2, 0.25) is 5.02 Å². The van der Waals surface area contributed by atoms with Gasteiger partial charge in [0.1, 0.15) is 13.2 Å². The summed E-state index contributed by atoms with van der Waals surface area (Å²) < 4.78 is 11.0. The third-order valence-electron chi connectivity index (χ3n) is 4.65. The minimum absolute atomic E-state index is 0.0133. The lowest BCUT2D eigenvalue weighted by molar-refractivity contribution is -0.116. The van der Waals surface area contributed by atoms with E-state index in [1.54, 1.807) is 12.1 Å². The van der Waals surface area contributed by atoms with Gasteiger partial charge in [0.15, 0.2) is 11.5 Å². The maximum atomic E-state index is 12.1. The minimum Gasteiger partial charge on any atom is -0.486 e. The van der Waals surface area contributed by atoms with Gasteiger partial charge < -0.3 is 14.8 Å². The zero-order chi connectivity index (χ0) is 16.1. The number of carbonyl (C=O) groups is 1. The van der Waals surface area contributed by atoms with Crippen LogP contribution in [0.1, 0.15) is 51.4 Å². The van der Waals surface area contributed by atoms with Crippen molar-refractivity contribution in [3.8, 4) is 11.5 Å². The van der Waals surface area contributed by atoms with Gasteiger partial charge in [-0.15, -0.1) is 0 Å². The van der Waals surface area contributed by atoms with E-state index in [4.69, 9.17) is 21.1 Å². The molecule has 5 heteroatoms. The van der Waals surface area contributed by atoms with Gasteiger partial charge in [0, 0.05) is 18.6 Å². The molecule has 1 amide bonds. The van der Waals surface area contributed by atoms with Gasteiger partial charge in [0.25, 0.3) is 0 Å². The standard InChI is InChI=1S/C18H24ClNO3/c19-14-11-16-17(23-10-9-22-16)12-15(14)20-18(21)8-4-7-13-5-2-1-3-6-13/h11-13H,1-10H2,(H,20,21). The van der Waals surface area contributed by atoms with E-state index in [9.17, 15) is 4.79 Å². The summed E-state index contributed by atoms with van der Waals surface area (Å²) in [5.74, 6) is 2.10. The molecule has 0 aromatic heterocycles. The zero-order valence-corrected chi connectivity index (χ0v) is 14.2. The van der Waals surface area contributed by atoms with Crippen molar-refractivity contribution in [1.82, 2.24) is 0 Å². The van der Waals surface area contributed by atoms with E-state index in [-0.39, 0.29) is 5.91 Å². The molecule has 0 bridgehead atoms. The van der Waals surface area contributed by atoms with Crippen LogP contribution in [-0.2, 0) is 4.79 Å². The highest BCUT2D eigenvalue weighted by Crippen LogP contribution is 2.38. The van der Waals surface area contributed by atoms with Crippen molar-refractivity contribution < 1.29 is 14.3 Å². The van der Waals surface area contributed by atoms with Crippen LogP contribution in [0.25, 0.3) is 0 Å². The molecule has 1 aliphatic carbocycles. The first-order valence-electron chi connectivity index (χ1n) is 8.61. The molecule has 1 aromatic carbocycles. The van der Waals surface area contributed by atoms with Crippen LogP contribution in [-0.4, -0.2) is 19.1 Å². The number of ether oxygens (including phenoxy) is 2. The average molecular weight is 338 g/mol. The van der Waals surface area contributed by atoms with Crippen LogP contribution < -0.4 is 14.8 Å². The van der Waals surface area contributed by atoms with Crippen LogP contribution in [0.4, 0.5) is 5.69 Å². The van der Waals surface area contributed by atoms with Gasteiger partial charge >= 0.3 is 0 Å². The normalized spacial score (nSPS) is 17.8. The van der Waals surface area contributed by atoms with Gasteiger partial charge in [-0.1, -0.05) is 43.7 Å². The Morgan fingerprint density at radius 1 is 1.13 bits per heavy atom. The number of hydrogen-bond acceptors (Lipinski definition) is 3. The summed E-state index contributed by atoms with van der Waals surface area (Å²) in [7, 11) is 0. The summed E-state index contributed by atoms with van der Waals surface area (Å²) in [5, 5.41) is 3.37. The van der Waals surface area contributed by atoms with Crippen molar-refractivity contribution in [3.63, 3.8) is 0 Å². The van der Waals surface area contributed by atoms with Crippen molar-refractivity contribution in [2.45, 2.75) is 51.4 Å². The number of halogens is 1. The first kappa shape index (κ1) is 16.4. The smallest absolute Gasteiger partial charge is 0.224 e. The third-order valence-corrected chi connectivity index (χ3v) is 4.96. The van der Waals surface area contributed by atoms with E-state index < -0.39 is 0 Å². The molecule has 0 spiro atoms. The van der Waals surface area contributed by atoms with E-state index in [0.717, 1.165) is 18.8 Å². The Labute approximate surface area is 142 Å². The Morgan fingerprint density at radius 2 is 1.83 bits per heavy atom. The predicted molar refractivity (Wildman–Crippen MR) is 91.5 cm³/mol. The van der Waals surface area contributed by atoms with Gasteiger partial charge in [-0.25, -0.2) is 0 Å². The summed E-state index contributed by atoms with van der Waals surface area (Å²) in [4.78, 5) is 12.1. The Kier molecular flexibility index (Phi) is 5.65. The summed E-state index contributed by atoms with van der Waals surface area (Å²) in [6.45, 7) is 1.04. The summed E-state index contributed by atoms with van der Waals surface area (Å²) >= 11 is 6.21. The van der Waals surface area contributed by atoms with Gasteiger partial charge in [-0.05, 0) is 18.8 Å². The first-order chi connectivity index (χ1) is 11.2. The molecule has 0 unspecified atom stereocenters. The highest BCUT2D eigenvalue weighted by Gasteiger charge is 2.17. The van der Waals surface area contributed by atoms with Crippen LogP contribution in [0, 0.1) is 5.92 Å². The molecule has 1 heterocycles. The number of hydrogen-bond donors (Lipinski definition) is 1. The van der Waals surface area contributed by atoms with Crippen molar-refractivity contribution in [1.29, 1.82) is 0 Å². The minimum atomic E-state index is 0.0133. The molecule has 1 aromatic rings. The van der Waals surface area contributed by atoms with Crippen molar-refractivity contribution >= 4 is 23.2 Å². The Morgan fingerprint density at radius 3 is 2.57 bits per heavy atom. The molecule has 1 N–H and O–H groups in total. The summed E-state index contributed by atoms with van der Waals surface area (Å²) in [6, 6.07) is 3.45. The molecular weight excluding hydrogens is 314 g/mol. The lowest BCUT2D eigenvalue weighted by Gasteiger charge is -2.21. The number of carbonyl (C=O) groups excluding carboxylic acids is 1. The third kappa shape index (κ3) is 4.54. The number of rotatable bonds is 5. The Bertz CT molecular complexity index is 555.